The summed E-state index contributed by atoms with van der Waals surface area (Å²) in [5.74, 6) is 0. The lowest BCUT2D eigenvalue weighted by molar-refractivity contribution is 0.793. The van der Waals surface area contributed by atoms with Gasteiger partial charge < -0.3 is 4.98 Å². The maximum absolute atomic E-state index is 11.5. The highest BCUT2D eigenvalue weighted by Gasteiger charge is 2.02. The third-order valence-corrected chi connectivity index (χ3v) is 1.90. The van der Waals surface area contributed by atoms with E-state index in [4.69, 9.17) is 0 Å². The molecule has 66 valence electrons. The molecule has 5 heteroatoms. The molecule has 0 aliphatic rings. The molecule has 1 N–H and O–H groups in total. The Kier molecular flexibility index (Phi) is 1.51. The summed E-state index contributed by atoms with van der Waals surface area (Å²) in [4.78, 5) is 29.0. The summed E-state index contributed by atoms with van der Waals surface area (Å²) in [5.41, 5.74) is -0.223. The van der Waals surface area contributed by atoms with E-state index in [2.05, 4.69) is 9.97 Å². The topological polar surface area (TPSA) is 67.8 Å². The zero-order chi connectivity index (χ0) is 9.42. The van der Waals surface area contributed by atoms with Gasteiger partial charge in [-0.25, -0.2) is 4.79 Å². The molecule has 0 fully saturated rings. The molecular weight excluding hydrogens is 170 g/mol. The Morgan fingerprint density at radius 1 is 1.46 bits per heavy atom. The molecule has 0 radical (unpaired) electrons. The Labute approximate surface area is 72.7 Å². The molecule has 0 aromatic carbocycles. The second-order valence-electron chi connectivity index (χ2n) is 2.72. The van der Waals surface area contributed by atoms with Crippen molar-refractivity contribution in [3.8, 4) is 0 Å². The Bertz CT molecular complexity index is 567. The van der Waals surface area contributed by atoms with Gasteiger partial charge in [-0.1, -0.05) is 0 Å². The predicted molar refractivity (Wildman–Crippen MR) is 47.6 cm³/mol. The van der Waals surface area contributed by atoms with Crippen LogP contribution in [0.15, 0.2) is 28.0 Å². The van der Waals surface area contributed by atoms with E-state index in [1.807, 2.05) is 0 Å². The number of nitrogens with zero attached hydrogens (tertiary/aromatic N) is 2. The van der Waals surface area contributed by atoms with Gasteiger partial charge in [0, 0.05) is 19.4 Å². The molecule has 0 spiro atoms. The van der Waals surface area contributed by atoms with Crippen molar-refractivity contribution in [3.05, 3.63) is 39.3 Å². The maximum atomic E-state index is 11.5. The van der Waals surface area contributed by atoms with Crippen molar-refractivity contribution in [3.63, 3.8) is 0 Å². The largest absolute Gasteiger partial charge is 0.328 e. The van der Waals surface area contributed by atoms with Gasteiger partial charge in [0.1, 0.15) is 0 Å². The lowest BCUT2D eigenvalue weighted by atomic mass is 10.3. The van der Waals surface area contributed by atoms with Crippen LogP contribution in [-0.2, 0) is 7.05 Å². The number of pyridine rings is 1. The van der Waals surface area contributed by atoms with Gasteiger partial charge in [0.15, 0.2) is 0 Å². The van der Waals surface area contributed by atoms with Crippen LogP contribution in [-0.4, -0.2) is 14.5 Å². The minimum atomic E-state index is -0.413. The summed E-state index contributed by atoms with van der Waals surface area (Å²) < 4.78 is 1.02. The first-order chi connectivity index (χ1) is 6.20. The first kappa shape index (κ1) is 7.72. The second-order valence-corrected chi connectivity index (χ2v) is 2.72. The lowest BCUT2D eigenvalue weighted by Crippen LogP contribution is -2.32. The highest BCUT2D eigenvalue weighted by molar-refractivity contribution is 5.75. The molecule has 0 amide bonds. The summed E-state index contributed by atoms with van der Waals surface area (Å²) in [6, 6.07) is 1.60. The standard InChI is InChI=1S/C8H7N3O2/c1-11-7(12)5-4-9-3-2-6(5)10-8(11)13/h2-4H,1H3,(H,10,13). The fourth-order valence-corrected chi connectivity index (χ4v) is 1.15. The van der Waals surface area contributed by atoms with Crippen LogP contribution >= 0.6 is 0 Å². The quantitative estimate of drug-likeness (QED) is 0.596. The number of aromatic nitrogens is 3. The van der Waals surface area contributed by atoms with Crippen molar-refractivity contribution in [2.45, 2.75) is 0 Å². The van der Waals surface area contributed by atoms with Crippen LogP contribution in [0.3, 0.4) is 0 Å². The molecule has 0 saturated heterocycles. The molecule has 0 unspecified atom stereocenters. The average Bonchev–Trinajstić information content (AvgIpc) is 2.15. The van der Waals surface area contributed by atoms with E-state index in [9.17, 15) is 9.59 Å². The number of nitrogens with one attached hydrogen (secondary N) is 1. The fourth-order valence-electron chi connectivity index (χ4n) is 1.15. The minimum absolute atomic E-state index is 0.327. The molecule has 0 aliphatic heterocycles. The van der Waals surface area contributed by atoms with E-state index in [1.54, 1.807) is 6.07 Å². The van der Waals surface area contributed by atoms with Crippen LogP contribution in [0.2, 0.25) is 0 Å². The molecular formula is C8H7N3O2. The first-order valence-electron chi connectivity index (χ1n) is 3.73. The number of fused-ring (bicyclic) bond motifs is 1. The SMILES string of the molecule is Cn1c(=O)[nH]c2ccncc2c1=O. The summed E-state index contributed by atoms with van der Waals surface area (Å²) in [7, 11) is 1.42. The fraction of sp³-hybridized carbons (Fsp3) is 0.125. The molecule has 2 heterocycles. The van der Waals surface area contributed by atoms with Crippen LogP contribution in [0.5, 0.6) is 0 Å². The van der Waals surface area contributed by atoms with Gasteiger partial charge in [0.2, 0.25) is 0 Å². The Hall–Kier alpha value is -1.91. The van der Waals surface area contributed by atoms with Crippen molar-refractivity contribution in [2.24, 2.45) is 7.05 Å². The monoisotopic (exact) mass is 177 g/mol. The van der Waals surface area contributed by atoms with Crippen LogP contribution in [0.25, 0.3) is 10.9 Å². The van der Waals surface area contributed by atoms with Crippen molar-refractivity contribution >= 4 is 10.9 Å². The van der Waals surface area contributed by atoms with Crippen molar-refractivity contribution < 1.29 is 0 Å². The van der Waals surface area contributed by atoms with Gasteiger partial charge in [0.25, 0.3) is 5.56 Å². The minimum Gasteiger partial charge on any atom is -0.307 e. The van der Waals surface area contributed by atoms with Gasteiger partial charge in [0.05, 0.1) is 10.9 Å². The summed E-state index contributed by atoms with van der Waals surface area (Å²) in [6.45, 7) is 0. The smallest absolute Gasteiger partial charge is 0.307 e. The molecule has 13 heavy (non-hydrogen) atoms. The lowest BCUT2D eigenvalue weighted by Gasteiger charge is -1.98. The van der Waals surface area contributed by atoms with Gasteiger partial charge >= 0.3 is 5.69 Å². The summed E-state index contributed by atoms with van der Waals surface area (Å²) in [5, 5.41) is 0.421. The molecule has 0 aliphatic carbocycles. The number of hydrogen-bond donors (Lipinski definition) is 1. The van der Waals surface area contributed by atoms with E-state index in [1.165, 1.54) is 19.4 Å². The van der Waals surface area contributed by atoms with Gasteiger partial charge in [-0.2, -0.15) is 0 Å². The molecule has 5 nitrogen and oxygen atoms in total. The maximum Gasteiger partial charge on any atom is 0.328 e. The van der Waals surface area contributed by atoms with Crippen LogP contribution in [0.1, 0.15) is 0 Å². The number of aromatic amines is 1. The number of rotatable bonds is 0. The zero-order valence-electron chi connectivity index (χ0n) is 6.94. The third-order valence-electron chi connectivity index (χ3n) is 1.90. The second kappa shape index (κ2) is 2.55. The van der Waals surface area contributed by atoms with Gasteiger partial charge in [-0.05, 0) is 6.07 Å². The predicted octanol–water partition coefficient (Wildman–Crippen LogP) is -0.378. The summed E-state index contributed by atoms with van der Waals surface area (Å²) in [6.07, 6.45) is 2.96. The van der Waals surface area contributed by atoms with Crippen molar-refractivity contribution in [2.75, 3.05) is 0 Å². The molecule has 2 aromatic heterocycles. The van der Waals surface area contributed by atoms with Gasteiger partial charge in [-0.15, -0.1) is 0 Å². The molecule has 0 saturated carbocycles. The van der Waals surface area contributed by atoms with E-state index < -0.39 is 5.69 Å². The van der Waals surface area contributed by atoms with E-state index in [0.29, 0.717) is 10.9 Å². The average molecular weight is 177 g/mol. The van der Waals surface area contributed by atoms with Crippen LogP contribution in [0, 0.1) is 0 Å². The Morgan fingerprint density at radius 3 is 3.00 bits per heavy atom. The number of hydrogen-bond acceptors (Lipinski definition) is 3. The molecule has 2 rings (SSSR count). The van der Waals surface area contributed by atoms with E-state index >= 15 is 0 Å². The Morgan fingerprint density at radius 2 is 2.23 bits per heavy atom. The molecule has 0 atom stereocenters. The van der Waals surface area contributed by atoms with Crippen molar-refractivity contribution in [1.29, 1.82) is 0 Å². The highest BCUT2D eigenvalue weighted by atomic mass is 16.2. The van der Waals surface area contributed by atoms with Gasteiger partial charge in [-0.3, -0.25) is 14.3 Å². The van der Waals surface area contributed by atoms with Crippen LogP contribution < -0.4 is 11.2 Å². The summed E-state index contributed by atoms with van der Waals surface area (Å²) >= 11 is 0. The molecule has 0 bridgehead atoms. The highest BCUT2D eigenvalue weighted by Crippen LogP contribution is 1.99. The Balaban J connectivity index is 3.12. The van der Waals surface area contributed by atoms with Crippen molar-refractivity contribution in [1.82, 2.24) is 14.5 Å². The molecule has 2 aromatic rings. The first-order valence-corrected chi connectivity index (χ1v) is 3.73. The van der Waals surface area contributed by atoms with Crippen LogP contribution in [0.4, 0.5) is 0 Å². The normalized spacial score (nSPS) is 10.5. The zero-order valence-corrected chi connectivity index (χ0v) is 6.94. The third kappa shape index (κ3) is 1.05. The van der Waals surface area contributed by atoms with E-state index in [0.717, 1.165) is 4.57 Å². The number of H-pyrrole nitrogens is 1. The van der Waals surface area contributed by atoms with E-state index in [-0.39, 0.29) is 5.56 Å².